The van der Waals surface area contributed by atoms with Gasteiger partial charge in [-0.3, -0.25) is 4.68 Å². The van der Waals surface area contributed by atoms with Crippen LogP contribution in [0.15, 0.2) is 6.20 Å². The fraction of sp³-hybridized carbons (Fsp3) is 0.600. The highest BCUT2D eigenvalue weighted by molar-refractivity contribution is 5.64. The summed E-state index contributed by atoms with van der Waals surface area (Å²) in [5, 5.41) is 4.16. The molecule has 1 aliphatic carbocycles. The zero-order valence-corrected chi connectivity index (χ0v) is 8.08. The lowest BCUT2D eigenvalue weighted by atomic mass is 9.99. The Morgan fingerprint density at radius 1 is 1.69 bits per heavy atom. The van der Waals surface area contributed by atoms with Gasteiger partial charge in [-0.2, -0.15) is 5.10 Å². The largest absolute Gasteiger partial charge is 0.303 e. The van der Waals surface area contributed by atoms with Crippen molar-refractivity contribution in [1.82, 2.24) is 9.78 Å². The summed E-state index contributed by atoms with van der Waals surface area (Å²) >= 11 is 0. The summed E-state index contributed by atoms with van der Waals surface area (Å²) in [5.41, 5.74) is 2.36. The number of carbonyl (C=O) groups is 1. The standard InChI is InChI=1S/C10H14N2O/c1-8-9(6-11-12(8)2)5-10(7-13)3-4-10/h6-7H,3-5H2,1-2H3. The average Bonchev–Trinajstić information content (AvgIpc) is 2.85. The van der Waals surface area contributed by atoms with Gasteiger partial charge in [0.25, 0.3) is 0 Å². The average molecular weight is 178 g/mol. The molecule has 3 nitrogen and oxygen atoms in total. The third-order valence-corrected chi connectivity index (χ3v) is 3.02. The second-order valence-corrected chi connectivity index (χ2v) is 4.04. The van der Waals surface area contributed by atoms with Gasteiger partial charge in [0.15, 0.2) is 0 Å². The van der Waals surface area contributed by atoms with E-state index in [2.05, 4.69) is 5.10 Å². The first kappa shape index (κ1) is 8.48. The Labute approximate surface area is 77.7 Å². The van der Waals surface area contributed by atoms with Gasteiger partial charge in [-0.1, -0.05) is 0 Å². The van der Waals surface area contributed by atoms with E-state index in [1.165, 1.54) is 11.3 Å². The number of aromatic nitrogens is 2. The van der Waals surface area contributed by atoms with Crippen molar-refractivity contribution in [3.63, 3.8) is 0 Å². The molecule has 1 heterocycles. The van der Waals surface area contributed by atoms with Gasteiger partial charge in [0.1, 0.15) is 6.29 Å². The number of hydrogen-bond donors (Lipinski definition) is 0. The molecule has 0 saturated heterocycles. The zero-order valence-electron chi connectivity index (χ0n) is 8.08. The second-order valence-electron chi connectivity index (χ2n) is 4.04. The van der Waals surface area contributed by atoms with Crippen molar-refractivity contribution in [3.05, 3.63) is 17.5 Å². The summed E-state index contributed by atoms with van der Waals surface area (Å²) in [6.07, 6.45) is 5.95. The van der Waals surface area contributed by atoms with E-state index >= 15 is 0 Å². The van der Waals surface area contributed by atoms with E-state index in [4.69, 9.17) is 0 Å². The lowest BCUT2D eigenvalue weighted by Crippen LogP contribution is -2.07. The molecule has 0 aromatic carbocycles. The van der Waals surface area contributed by atoms with Crippen molar-refractivity contribution in [2.45, 2.75) is 26.2 Å². The number of carbonyl (C=O) groups excluding carboxylic acids is 1. The lowest BCUT2D eigenvalue weighted by Gasteiger charge is -2.05. The number of hydrogen-bond acceptors (Lipinski definition) is 2. The van der Waals surface area contributed by atoms with Crippen LogP contribution in [-0.2, 0) is 18.3 Å². The van der Waals surface area contributed by atoms with Crippen molar-refractivity contribution >= 4 is 6.29 Å². The molecule has 0 atom stereocenters. The summed E-state index contributed by atoms with van der Waals surface area (Å²) in [6.45, 7) is 2.04. The Morgan fingerprint density at radius 2 is 2.38 bits per heavy atom. The minimum absolute atomic E-state index is 0.0339. The monoisotopic (exact) mass is 178 g/mol. The van der Waals surface area contributed by atoms with Crippen molar-refractivity contribution < 1.29 is 4.79 Å². The van der Waals surface area contributed by atoms with Crippen LogP contribution >= 0.6 is 0 Å². The number of aldehydes is 1. The van der Waals surface area contributed by atoms with E-state index in [1.54, 1.807) is 0 Å². The molecule has 1 aromatic rings. The second kappa shape index (κ2) is 2.69. The van der Waals surface area contributed by atoms with Crippen molar-refractivity contribution in [3.8, 4) is 0 Å². The van der Waals surface area contributed by atoms with Gasteiger partial charge in [0.05, 0.1) is 6.20 Å². The van der Waals surface area contributed by atoms with Crippen LogP contribution in [0.2, 0.25) is 0 Å². The quantitative estimate of drug-likeness (QED) is 0.653. The Bertz CT molecular complexity index is 337. The molecule has 3 heteroatoms. The molecule has 13 heavy (non-hydrogen) atoms. The Kier molecular flexibility index (Phi) is 1.75. The van der Waals surface area contributed by atoms with E-state index in [9.17, 15) is 4.79 Å². The molecule has 0 aliphatic heterocycles. The summed E-state index contributed by atoms with van der Waals surface area (Å²) in [4.78, 5) is 10.8. The summed E-state index contributed by atoms with van der Waals surface area (Å²) in [7, 11) is 1.93. The van der Waals surface area contributed by atoms with Gasteiger partial charge in [0, 0.05) is 18.2 Å². The minimum atomic E-state index is -0.0339. The maximum absolute atomic E-state index is 10.8. The zero-order chi connectivity index (χ0) is 9.47. The number of nitrogens with zero attached hydrogens (tertiary/aromatic N) is 2. The Balaban J connectivity index is 2.18. The maximum Gasteiger partial charge on any atom is 0.126 e. The summed E-state index contributed by atoms with van der Waals surface area (Å²) in [6, 6.07) is 0. The van der Waals surface area contributed by atoms with E-state index in [0.717, 1.165) is 25.5 Å². The molecular weight excluding hydrogens is 164 g/mol. The van der Waals surface area contributed by atoms with Gasteiger partial charge >= 0.3 is 0 Å². The fourth-order valence-corrected chi connectivity index (χ4v) is 1.59. The van der Waals surface area contributed by atoms with Crippen molar-refractivity contribution in [2.24, 2.45) is 12.5 Å². The maximum atomic E-state index is 10.8. The molecule has 0 spiro atoms. The minimum Gasteiger partial charge on any atom is -0.303 e. The molecule has 1 aromatic heterocycles. The molecule has 1 fully saturated rings. The molecule has 1 saturated carbocycles. The van der Waals surface area contributed by atoms with Gasteiger partial charge in [0.2, 0.25) is 0 Å². The molecule has 0 unspecified atom stereocenters. The summed E-state index contributed by atoms with van der Waals surface area (Å²) in [5.74, 6) is 0. The first-order chi connectivity index (χ1) is 6.17. The fourth-order valence-electron chi connectivity index (χ4n) is 1.59. The van der Waals surface area contributed by atoms with Crippen molar-refractivity contribution in [2.75, 3.05) is 0 Å². The van der Waals surface area contributed by atoms with E-state index in [-0.39, 0.29) is 5.41 Å². The molecule has 0 radical (unpaired) electrons. The highest BCUT2D eigenvalue weighted by atomic mass is 16.1. The van der Waals surface area contributed by atoms with E-state index < -0.39 is 0 Å². The molecule has 1 aliphatic rings. The van der Waals surface area contributed by atoms with Crippen LogP contribution in [0.4, 0.5) is 0 Å². The highest BCUT2D eigenvalue weighted by Crippen LogP contribution is 2.46. The van der Waals surface area contributed by atoms with E-state index in [0.29, 0.717) is 0 Å². The number of aryl methyl sites for hydroxylation is 1. The molecule has 0 bridgehead atoms. The predicted molar refractivity (Wildman–Crippen MR) is 49.4 cm³/mol. The first-order valence-electron chi connectivity index (χ1n) is 4.61. The van der Waals surface area contributed by atoms with Gasteiger partial charge in [-0.25, -0.2) is 0 Å². The van der Waals surface area contributed by atoms with Crippen LogP contribution in [0.5, 0.6) is 0 Å². The van der Waals surface area contributed by atoms with Crippen LogP contribution < -0.4 is 0 Å². The third kappa shape index (κ3) is 1.39. The normalized spacial score (nSPS) is 18.6. The highest BCUT2D eigenvalue weighted by Gasteiger charge is 2.42. The van der Waals surface area contributed by atoms with Crippen LogP contribution in [0.25, 0.3) is 0 Å². The SMILES string of the molecule is Cc1c(CC2(C=O)CC2)cnn1C. The first-order valence-corrected chi connectivity index (χ1v) is 4.61. The molecule has 0 amide bonds. The van der Waals surface area contributed by atoms with Gasteiger partial charge < -0.3 is 4.79 Å². The number of rotatable bonds is 3. The van der Waals surface area contributed by atoms with Crippen LogP contribution in [0.3, 0.4) is 0 Å². The molecule has 0 N–H and O–H groups in total. The molecular formula is C10H14N2O. The lowest BCUT2D eigenvalue weighted by molar-refractivity contribution is -0.112. The molecule has 70 valence electrons. The topological polar surface area (TPSA) is 34.9 Å². The van der Waals surface area contributed by atoms with Crippen LogP contribution in [0.1, 0.15) is 24.1 Å². The van der Waals surface area contributed by atoms with Crippen LogP contribution in [-0.4, -0.2) is 16.1 Å². The van der Waals surface area contributed by atoms with Crippen molar-refractivity contribution in [1.29, 1.82) is 0 Å². The van der Waals surface area contributed by atoms with Gasteiger partial charge in [-0.05, 0) is 31.7 Å². The third-order valence-electron chi connectivity index (χ3n) is 3.02. The smallest absolute Gasteiger partial charge is 0.126 e. The summed E-state index contributed by atoms with van der Waals surface area (Å²) < 4.78 is 1.86. The Morgan fingerprint density at radius 3 is 2.77 bits per heavy atom. The van der Waals surface area contributed by atoms with Crippen LogP contribution in [0, 0.1) is 12.3 Å². The van der Waals surface area contributed by atoms with E-state index in [1.807, 2.05) is 24.9 Å². The predicted octanol–water partition coefficient (Wildman–Crippen LogP) is 1.25. The Hall–Kier alpha value is -1.12. The molecule has 2 rings (SSSR count). The van der Waals surface area contributed by atoms with Gasteiger partial charge in [-0.15, -0.1) is 0 Å².